The van der Waals surface area contributed by atoms with E-state index in [0.717, 1.165) is 18.2 Å². The number of amides is 1. The van der Waals surface area contributed by atoms with Crippen LogP contribution in [-0.4, -0.2) is 52.6 Å². The number of fused-ring (bicyclic) bond motifs is 3. The number of methoxy groups -OCH3 is 1. The number of aromatic amines is 1. The van der Waals surface area contributed by atoms with Crippen molar-refractivity contribution in [1.29, 1.82) is 0 Å². The number of hydrogen-bond acceptors (Lipinski definition) is 7. The molecule has 11 heteroatoms. The van der Waals surface area contributed by atoms with E-state index in [1.54, 1.807) is 30.5 Å². The van der Waals surface area contributed by atoms with Crippen LogP contribution in [0.3, 0.4) is 0 Å². The van der Waals surface area contributed by atoms with Crippen LogP contribution in [-0.2, 0) is 14.6 Å². The number of carbonyl (C=O) groups is 1. The zero-order valence-corrected chi connectivity index (χ0v) is 17.5. The average Bonchev–Trinajstić information content (AvgIpc) is 3.52. The molecule has 4 aromatic rings. The van der Waals surface area contributed by atoms with E-state index in [1.807, 2.05) is 4.68 Å². The Hall–Kier alpha value is -3.47. The first-order valence-electron chi connectivity index (χ1n) is 9.84. The molecular formula is C20H20N6O4S. The molecule has 0 spiro atoms. The molecule has 2 N–H and O–H groups in total. The summed E-state index contributed by atoms with van der Waals surface area (Å²) in [5, 5.41) is 10.7. The first-order chi connectivity index (χ1) is 15.0. The number of benzene rings is 1. The van der Waals surface area contributed by atoms with Gasteiger partial charge >= 0.3 is 6.09 Å². The number of ether oxygens (including phenoxy) is 1. The number of pyridine rings is 1. The van der Waals surface area contributed by atoms with Gasteiger partial charge in [0.25, 0.3) is 0 Å². The fraction of sp³-hybridized carbons (Fsp3) is 0.300. The molecule has 0 aliphatic heterocycles. The van der Waals surface area contributed by atoms with Gasteiger partial charge in [-0.2, -0.15) is 5.10 Å². The van der Waals surface area contributed by atoms with Gasteiger partial charge in [0.2, 0.25) is 9.84 Å². The smallest absolute Gasteiger partial charge is 0.407 e. The first kappa shape index (κ1) is 19.5. The highest BCUT2D eigenvalue weighted by molar-refractivity contribution is 7.91. The molecule has 2 unspecified atom stereocenters. The van der Waals surface area contributed by atoms with Crippen molar-refractivity contribution in [2.45, 2.75) is 41.3 Å². The van der Waals surface area contributed by atoms with Gasteiger partial charge in [-0.1, -0.05) is 18.2 Å². The largest absolute Gasteiger partial charge is 0.453 e. The lowest BCUT2D eigenvalue weighted by atomic mass is 10.2. The van der Waals surface area contributed by atoms with Crippen molar-refractivity contribution in [1.82, 2.24) is 30.3 Å². The van der Waals surface area contributed by atoms with E-state index in [4.69, 9.17) is 4.74 Å². The van der Waals surface area contributed by atoms with Crippen molar-refractivity contribution >= 4 is 38.0 Å². The number of aromatic nitrogens is 5. The fourth-order valence-electron chi connectivity index (χ4n) is 4.19. The van der Waals surface area contributed by atoms with Crippen LogP contribution >= 0.6 is 0 Å². The van der Waals surface area contributed by atoms with Crippen LogP contribution in [0.1, 0.15) is 25.3 Å². The van der Waals surface area contributed by atoms with E-state index < -0.39 is 15.9 Å². The Morgan fingerprint density at radius 2 is 2.03 bits per heavy atom. The van der Waals surface area contributed by atoms with Gasteiger partial charge in [-0.05, 0) is 37.5 Å². The van der Waals surface area contributed by atoms with Crippen LogP contribution in [0.5, 0.6) is 0 Å². The lowest BCUT2D eigenvalue weighted by Crippen LogP contribution is -2.32. The van der Waals surface area contributed by atoms with Crippen molar-refractivity contribution in [3.8, 4) is 0 Å². The van der Waals surface area contributed by atoms with Crippen molar-refractivity contribution in [2.24, 2.45) is 0 Å². The summed E-state index contributed by atoms with van der Waals surface area (Å²) in [4.78, 5) is 20.3. The van der Waals surface area contributed by atoms with Gasteiger partial charge < -0.3 is 10.1 Å². The topological polar surface area (TPSA) is 132 Å². The number of carbonyl (C=O) groups excluding carboxylic acids is 1. The van der Waals surface area contributed by atoms with Crippen LogP contribution in [0.4, 0.5) is 4.79 Å². The van der Waals surface area contributed by atoms with Crippen LogP contribution < -0.4 is 5.32 Å². The Morgan fingerprint density at radius 3 is 2.81 bits per heavy atom. The van der Waals surface area contributed by atoms with Gasteiger partial charge in [-0.3, -0.25) is 4.68 Å². The Bertz CT molecular complexity index is 1380. The molecule has 1 aliphatic carbocycles. The highest BCUT2D eigenvalue weighted by Gasteiger charge is 2.32. The van der Waals surface area contributed by atoms with E-state index >= 15 is 0 Å². The molecule has 3 aromatic heterocycles. The maximum atomic E-state index is 13.3. The second kappa shape index (κ2) is 7.34. The van der Waals surface area contributed by atoms with Gasteiger partial charge in [-0.25, -0.2) is 28.4 Å². The molecule has 0 bridgehead atoms. The van der Waals surface area contributed by atoms with E-state index in [1.165, 1.54) is 19.2 Å². The highest BCUT2D eigenvalue weighted by atomic mass is 32.2. The number of rotatable bonds is 4. The summed E-state index contributed by atoms with van der Waals surface area (Å²) in [5.74, 6) is 0. The summed E-state index contributed by atoms with van der Waals surface area (Å²) < 4.78 is 33.2. The van der Waals surface area contributed by atoms with E-state index in [0.29, 0.717) is 17.6 Å². The summed E-state index contributed by atoms with van der Waals surface area (Å²) in [6.45, 7) is 0. The predicted molar refractivity (Wildman–Crippen MR) is 111 cm³/mol. The van der Waals surface area contributed by atoms with Crippen LogP contribution in [0.25, 0.3) is 22.1 Å². The summed E-state index contributed by atoms with van der Waals surface area (Å²) in [6.07, 6.45) is 3.36. The minimum Gasteiger partial charge on any atom is -0.453 e. The lowest BCUT2D eigenvalue weighted by Gasteiger charge is -2.14. The number of sulfone groups is 1. The summed E-state index contributed by atoms with van der Waals surface area (Å²) >= 11 is 0. The van der Waals surface area contributed by atoms with E-state index in [2.05, 4.69) is 25.6 Å². The zero-order chi connectivity index (χ0) is 21.6. The molecule has 1 saturated carbocycles. The molecule has 0 saturated heterocycles. The standard InChI is InChI=1S/C20H20N6O4S/c1-30-20(27)22-12-7-8-13(11-12)26-17-15-9-10-21-18(15)23-19(16(17)24-25-26)31(28,29)14-5-3-2-4-6-14/h2-6,9-10,12-13,25H,7-8,11H2,1H3,(H,22,27). The Morgan fingerprint density at radius 1 is 1.23 bits per heavy atom. The maximum Gasteiger partial charge on any atom is 0.407 e. The van der Waals surface area contributed by atoms with Crippen LogP contribution in [0.15, 0.2) is 52.5 Å². The molecule has 1 fully saturated rings. The molecule has 0 radical (unpaired) electrons. The van der Waals surface area contributed by atoms with Crippen molar-refractivity contribution < 1.29 is 17.9 Å². The Kier molecular flexibility index (Phi) is 4.62. The van der Waals surface area contributed by atoms with Gasteiger partial charge in [0.1, 0.15) is 11.0 Å². The minimum absolute atomic E-state index is 0.0000597. The molecule has 1 aromatic carbocycles. The molecule has 160 valence electrons. The minimum atomic E-state index is -3.90. The van der Waals surface area contributed by atoms with Gasteiger partial charge in [0.15, 0.2) is 10.7 Å². The summed E-state index contributed by atoms with van der Waals surface area (Å²) in [6, 6.07) is 9.92. The van der Waals surface area contributed by atoms with Crippen molar-refractivity contribution in [3.63, 3.8) is 0 Å². The quantitative estimate of drug-likeness (QED) is 0.498. The summed E-state index contributed by atoms with van der Waals surface area (Å²) in [7, 11) is -2.56. The average molecular weight is 440 g/mol. The SMILES string of the molecule is COC(=O)NC1CCC(n2[nH]nc3c(S(=O)(=O)c4ccccc4)nc4nccc4c32)C1. The number of alkyl carbamates (subject to hydrolysis) is 1. The molecule has 2 atom stereocenters. The Labute approximate surface area is 177 Å². The second-order valence-electron chi connectivity index (χ2n) is 7.49. The zero-order valence-electron chi connectivity index (χ0n) is 16.6. The van der Waals surface area contributed by atoms with Crippen molar-refractivity contribution in [3.05, 3.63) is 42.6 Å². The molecule has 5 rings (SSSR count). The first-order valence-corrected chi connectivity index (χ1v) is 11.3. The van der Waals surface area contributed by atoms with Crippen molar-refractivity contribution in [2.75, 3.05) is 7.11 Å². The third-order valence-corrected chi connectivity index (χ3v) is 7.35. The normalized spacial score (nSPS) is 19.1. The van der Waals surface area contributed by atoms with Crippen LogP contribution in [0.2, 0.25) is 0 Å². The maximum absolute atomic E-state index is 13.3. The molecule has 31 heavy (non-hydrogen) atoms. The number of hydrogen-bond donors (Lipinski definition) is 2. The highest BCUT2D eigenvalue weighted by Crippen LogP contribution is 2.36. The van der Waals surface area contributed by atoms with Crippen LogP contribution in [0, 0.1) is 0 Å². The monoisotopic (exact) mass is 440 g/mol. The van der Waals surface area contributed by atoms with Gasteiger partial charge in [0.05, 0.1) is 18.0 Å². The van der Waals surface area contributed by atoms with Gasteiger partial charge in [0, 0.05) is 17.6 Å². The lowest BCUT2D eigenvalue weighted by molar-refractivity contribution is 0.166. The molecule has 10 nitrogen and oxygen atoms in total. The van der Waals surface area contributed by atoms with E-state index in [-0.39, 0.29) is 27.5 Å². The van der Waals surface area contributed by atoms with E-state index in [9.17, 15) is 13.2 Å². The number of nitrogens with one attached hydrogen (secondary N) is 2. The Balaban J connectivity index is 1.63. The number of nitrogens with zero attached hydrogens (tertiary/aromatic N) is 4. The fourth-order valence-corrected chi connectivity index (χ4v) is 5.53. The van der Waals surface area contributed by atoms with Gasteiger partial charge in [-0.15, -0.1) is 0 Å². The second-order valence-corrected chi connectivity index (χ2v) is 9.36. The third-order valence-electron chi connectivity index (χ3n) is 5.66. The third kappa shape index (κ3) is 3.21. The molecule has 1 aliphatic rings. The molecule has 3 heterocycles. The molecule has 1 amide bonds. The summed E-state index contributed by atoms with van der Waals surface area (Å²) in [5.41, 5.74) is 1.26. The number of H-pyrrole nitrogens is 1. The molecular weight excluding hydrogens is 420 g/mol. The predicted octanol–water partition coefficient (Wildman–Crippen LogP) is 2.59.